The highest BCUT2D eigenvalue weighted by Gasteiger charge is 2.26. The van der Waals surface area contributed by atoms with E-state index < -0.39 is 18.6 Å². The predicted molar refractivity (Wildman–Crippen MR) is 64.4 cm³/mol. The molecule has 1 aromatic heterocycles. The molecule has 0 bridgehead atoms. The van der Waals surface area contributed by atoms with E-state index in [9.17, 15) is 18.4 Å². The van der Waals surface area contributed by atoms with Gasteiger partial charge in [0.2, 0.25) is 5.91 Å². The number of halogens is 2. The number of hydrogen-bond donors (Lipinski definition) is 2. The lowest BCUT2D eigenvalue weighted by atomic mass is 10.1. The van der Waals surface area contributed by atoms with E-state index in [0.717, 1.165) is 17.8 Å². The largest absolute Gasteiger partial charge is 0.433 e. The molecule has 1 fully saturated rings. The number of thiophene rings is 1. The molecular formula is C11H12F2N2O3S. The van der Waals surface area contributed by atoms with Crippen LogP contribution in [-0.2, 0) is 4.79 Å². The van der Waals surface area contributed by atoms with Gasteiger partial charge in [0.05, 0.1) is 0 Å². The minimum Gasteiger partial charge on any atom is -0.433 e. The molecule has 0 spiro atoms. The van der Waals surface area contributed by atoms with Crippen LogP contribution >= 0.6 is 11.3 Å². The van der Waals surface area contributed by atoms with Crippen molar-refractivity contribution in [3.8, 4) is 5.75 Å². The van der Waals surface area contributed by atoms with Gasteiger partial charge in [-0.25, -0.2) is 0 Å². The van der Waals surface area contributed by atoms with Crippen LogP contribution in [0.15, 0.2) is 11.4 Å². The predicted octanol–water partition coefficient (Wildman–Crippen LogP) is 1.36. The Kier molecular flexibility index (Phi) is 4.31. The summed E-state index contributed by atoms with van der Waals surface area (Å²) in [5, 5.41) is 6.63. The summed E-state index contributed by atoms with van der Waals surface area (Å²) < 4.78 is 28.5. The molecule has 2 N–H and O–H groups in total. The average Bonchev–Trinajstić information content (AvgIpc) is 2.79. The monoisotopic (exact) mass is 290 g/mol. The number of hydrogen-bond acceptors (Lipinski definition) is 4. The minimum absolute atomic E-state index is 0.0404. The third-order valence-electron chi connectivity index (χ3n) is 2.64. The summed E-state index contributed by atoms with van der Waals surface area (Å²) in [5.41, 5.74) is 0. The van der Waals surface area contributed by atoms with Crippen LogP contribution in [0.5, 0.6) is 5.75 Å². The Morgan fingerprint density at radius 2 is 2.37 bits per heavy atom. The first-order chi connectivity index (χ1) is 9.08. The summed E-state index contributed by atoms with van der Waals surface area (Å²) in [7, 11) is 0. The van der Waals surface area contributed by atoms with Crippen molar-refractivity contribution in [2.24, 2.45) is 0 Å². The first kappa shape index (κ1) is 13.7. The maximum Gasteiger partial charge on any atom is 0.387 e. The van der Waals surface area contributed by atoms with Crippen molar-refractivity contribution in [2.75, 3.05) is 6.54 Å². The molecule has 5 nitrogen and oxygen atoms in total. The van der Waals surface area contributed by atoms with Crippen LogP contribution in [0.4, 0.5) is 8.78 Å². The number of carbonyl (C=O) groups is 2. The lowest BCUT2D eigenvalue weighted by Crippen LogP contribution is -2.50. The van der Waals surface area contributed by atoms with Crippen molar-refractivity contribution in [2.45, 2.75) is 25.5 Å². The molecule has 1 saturated heterocycles. The van der Waals surface area contributed by atoms with E-state index in [1.807, 2.05) is 0 Å². The summed E-state index contributed by atoms with van der Waals surface area (Å²) >= 11 is 0.987. The van der Waals surface area contributed by atoms with Gasteiger partial charge in [0, 0.05) is 6.54 Å². The Hall–Kier alpha value is -1.70. The molecule has 1 aliphatic heterocycles. The van der Waals surface area contributed by atoms with Gasteiger partial charge in [-0.3, -0.25) is 9.59 Å². The Bertz CT molecular complexity index is 478. The lowest BCUT2D eigenvalue weighted by Gasteiger charge is -2.22. The number of rotatable bonds is 4. The average molecular weight is 290 g/mol. The molecule has 1 aliphatic rings. The van der Waals surface area contributed by atoms with Gasteiger partial charge in [0.15, 0.2) is 0 Å². The van der Waals surface area contributed by atoms with Crippen molar-refractivity contribution < 1.29 is 23.1 Å². The molecule has 0 radical (unpaired) electrons. The minimum atomic E-state index is -2.99. The summed E-state index contributed by atoms with van der Waals surface area (Å²) in [6.45, 7) is -2.40. The zero-order valence-electron chi connectivity index (χ0n) is 9.82. The van der Waals surface area contributed by atoms with Crippen molar-refractivity contribution >= 4 is 23.2 Å². The van der Waals surface area contributed by atoms with Crippen molar-refractivity contribution in [3.63, 3.8) is 0 Å². The highest BCUT2D eigenvalue weighted by molar-refractivity contribution is 7.12. The molecule has 8 heteroatoms. The standard InChI is InChI=1S/C11H12F2N2O3S/c12-11(13)18-7-3-5-19-8(7)10(17)15-6-2-1-4-14-9(6)16/h3,5-6,11H,1-2,4H2,(H,14,16)(H,15,17)/t6-/m1/s1. The zero-order valence-corrected chi connectivity index (χ0v) is 10.6. The second-order valence-corrected chi connectivity index (χ2v) is 4.87. The summed E-state index contributed by atoms with van der Waals surface area (Å²) in [4.78, 5) is 23.4. The molecule has 19 heavy (non-hydrogen) atoms. The number of alkyl halides is 2. The second-order valence-electron chi connectivity index (χ2n) is 3.95. The molecule has 1 aromatic rings. The van der Waals surface area contributed by atoms with Gasteiger partial charge in [-0.05, 0) is 24.3 Å². The molecule has 104 valence electrons. The number of ether oxygens (including phenoxy) is 1. The quantitative estimate of drug-likeness (QED) is 0.880. The van der Waals surface area contributed by atoms with Crippen molar-refractivity contribution in [3.05, 3.63) is 16.3 Å². The van der Waals surface area contributed by atoms with Crippen LogP contribution < -0.4 is 15.4 Å². The van der Waals surface area contributed by atoms with Gasteiger partial charge in [-0.2, -0.15) is 8.78 Å². The Morgan fingerprint density at radius 1 is 1.58 bits per heavy atom. The summed E-state index contributed by atoms with van der Waals surface area (Å²) in [6.07, 6.45) is 1.30. The Labute approximate surface area is 111 Å². The van der Waals surface area contributed by atoms with Gasteiger partial charge in [0.25, 0.3) is 5.91 Å². The van der Waals surface area contributed by atoms with E-state index in [0.29, 0.717) is 13.0 Å². The molecule has 2 rings (SSSR count). The number of amides is 2. The van der Waals surface area contributed by atoms with Crippen molar-refractivity contribution in [1.29, 1.82) is 0 Å². The summed E-state index contributed by atoms with van der Waals surface area (Å²) in [5.74, 6) is -1.01. The third-order valence-corrected chi connectivity index (χ3v) is 3.54. The fraction of sp³-hybridized carbons (Fsp3) is 0.455. The van der Waals surface area contributed by atoms with Crippen LogP contribution in [0.25, 0.3) is 0 Å². The van der Waals surface area contributed by atoms with Gasteiger partial charge < -0.3 is 15.4 Å². The maximum atomic E-state index is 12.1. The van der Waals surface area contributed by atoms with Gasteiger partial charge >= 0.3 is 6.61 Å². The van der Waals surface area contributed by atoms with E-state index in [4.69, 9.17) is 0 Å². The first-order valence-electron chi connectivity index (χ1n) is 5.69. The SMILES string of the molecule is O=C(N[C@@H]1CCCNC1=O)c1sccc1OC(F)F. The van der Waals surface area contributed by atoms with E-state index in [1.54, 1.807) is 0 Å². The Balaban J connectivity index is 2.03. The van der Waals surface area contributed by atoms with Gasteiger partial charge in [-0.15, -0.1) is 11.3 Å². The van der Waals surface area contributed by atoms with Crippen LogP contribution in [0.1, 0.15) is 22.5 Å². The van der Waals surface area contributed by atoms with Crippen molar-refractivity contribution in [1.82, 2.24) is 10.6 Å². The Morgan fingerprint density at radius 3 is 3.05 bits per heavy atom. The van der Waals surface area contributed by atoms with Crippen LogP contribution in [0.3, 0.4) is 0 Å². The molecule has 1 atom stereocenters. The lowest BCUT2D eigenvalue weighted by molar-refractivity contribution is -0.124. The fourth-order valence-electron chi connectivity index (χ4n) is 1.79. The fourth-order valence-corrected chi connectivity index (χ4v) is 2.51. The summed E-state index contributed by atoms with van der Waals surface area (Å²) in [6, 6.07) is 0.676. The highest BCUT2D eigenvalue weighted by atomic mass is 32.1. The normalized spacial score (nSPS) is 19.1. The van der Waals surface area contributed by atoms with Crippen LogP contribution in [0, 0.1) is 0 Å². The molecule has 2 heterocycles. The smallest absolute Gasteiger partial charge is 0.387 e. The number of carbonyl (C=O) groups excluding carboxylic acids is 2. The van der Waals surface area contributed by atoms with E-state index in [-0.39, 0.29) is 16.5 Å². The van der Waals surface area contributed by atoms with Crippen LogP contribution in [0.2, 0.25) is 0 Å². The van der Waals surface area contributed by atoms with E-state index in [2.05, 4.69) is 15.4 Å². The van der Waals surface area contributed by atoms with E-state index >= 15 is 0 Å². The number of piperidine rings is 1. The molecule has 0 aliphatic carbocycles. The molecule has 0 aromatic carbocycles. The van der Waals surface area contributed by atoms with Gasteiger partial charge in [0.1, 0.15) is 16.7 Å². The molecule has 0 unspecified atom stereocenters. The van der Waals surface area contributed by atoms with Gasteiger partial charge in [-0.1, -0.05) is 0 Å². The molecule has 2 amide bonds. The zero-order chi connectivity index (χ0) is 13.8. The highest BCUT2D eigenvalue weighted by Crippen LogP contribution is 2.26. The number of nitrogens with one attached hydrogen (secondary N) is 2. The third kappa shape index (κ3) is 3.40. The molecular weight excluding hydrogens is 278 g/mol. The second kappa shape index (κ2) is 5.96. The maximum absolute atomic E-state index is 12.1. The first-order valence-corrected chi connectivity index (χ1v) is 6.57. The van der Waals surface area contributed by atoms with E-state index in [1.165, 1.54) is 11.4 Å². The van der Waals surface area contributed by atoms with Crippen LogP contribution in [-0.4, -0.2) is 31.0 Å². The molecule has 0 saturated carbocycles. The topological polar surface area (TPSA) is 67.4 Å².